The van der Waals surface area contributed by atoms with Crippen LogP contribution in [-0.4, -0.2) is 30.5 Å². The highest BCUT2D eigenvalue weighted by molar-refractivity contribution is 5.77. The number of hydrogen-bond acceptors (Lipinski definition) is 5. The Morgan fingerprint density at radius 1 is 1.18 bits per heavy atom. The van der Waals surface area contributed by atoms with Gasteiger partial charge in [0.05, 0.1) is 6.54 Å². The lowest BCUT2D eigenvalue weighted by molar-refractivity contribution is -0.123. The maximum Gasteiger partial charge on any atom is 0.258 e. The summed E-state index contributed by atoms with van der Waals surface area (Å²) >= 11 is 0. The van der Waals surface area contributed by atoms with Crippen LogP contribution in [-0.2, 0) is 17.9 Å². The van der Waals surface area contributed by atoms with E-state index >= 15 is 0 Å². The van der Waals surface area contributed by atoms with Gasteiger partial charge in [-0.3, -0.25) is 14.5 Å². The second-order valence-electron chi connectivity index (χ2n) is 6.96. The number of benzene rings is 1. The van der Waals surface area contributed by atoms with E-state index in [1.54, 1.807) is 12.1 Å². The van der Waals surface area contributed by atoms with Crippen molar-refractivity contribution in [3.05, 3.63) is 64.0 Å². The topological polar surface area (TPSA) is 71.8 Å². The first-order valence-corrected chi connectivity index (χ1v) is 9.58. The maximum atomic E-state index is 13.1. The molecule has 0 unspecified atom stereocenters. The van der Waals surface area contributed by atoms with E-state index in [1.807, 2.05) is 0 Å². The molecule has 1 aromatic carbocycles. The van der Waals surface area contributed by atoms with Crippen LogP contribution in [0.2, 0.25) is 0 Å². The van der Waals surface area contributed by atoms with Gasteiger partial charge in [-0.1, -0.05) is 25.0 Å². The van der Waals surface area contributed by atoms with Gasteiger partial charge in [0.25, 0.3) is 5.91 Å². The van der Waals surface area contributed by atoms with Crippen LogP contribution in [0, 0.1) is 5.82 Å². The minimum atomic E-state index is -0.405. The molecule has 1 aromatic heterocycles. The van der Waals surface area contributed by atoms with E-state index in [0.29, 0.717) is 17.9 Å². The highest BCUT2D eigenvalue weighted by atomic mass is 19.1. The zero-order chi connectivity index (χ0) is 19.8. The molecule has 0 saturated carbocycles. The largest absolute Gasteiger partial charge is 0.477 e. The van der Waals surface area contributed by atoms with Gasteiger partial charge < -0.3 is 14.5 Å². The predicted molar refractivity (Wildman–Crippen MR) is 102 cm³/mol. The molecular weight excluding hydrogens is 363 g/mol. The van der Waals surface area contributed by atoms with Gasteiger partial charge in [0.15, 0.2) is 6.61 Å². The highest BCUT2D eigenvalue weighted by Gasteiger charge is 2.13. The van der Waals surface area contributed by atoms with Gasteiger partial charge in [0.1, 0.15) is 17.8 Å². The van der Waals surface area contributed by atoms with Gasteiger partial charge in [-0.2, -0.15) is 0 Å². The summed E-state index contributed by atoms with van der Waals surface area (Å²) in [5.74, 6) is -0.173. The number of hydrogen-bond donors (Lipinski definition) is 1. The molecule has 1 fully saturated rings. The van der Waals surface area contributed by atoms with Crippen molar-refractivity contribution in [2.24, 2.45) is 0 Å². The average Bonchev–Trinajstić information content (AvgIpc) is 2.94. The summed E-state index contributed by atoms with van der Waals surface area (Å²) in [6.07, 6.45) is 6.07. The van der Waals surface area contributed by atoms with Crippen LogP contribution in [0.25, 0.3) is 0 Å². The fourth-order valence-electron chi connectivity index (χ4n) is 3.18. The Balaban J connectivity index is 1.47. The molecule has 2 heterocycles. The Labute approximate surface area is 163 Å². The van der Waals surface area contributed by atoms with Crippen LogP contribution < -0.4 is 15.5 Å². The molecule has 0 atom stereocenters. The van der Waals surface area contributed by atoms with Crippen LogP contribution in [0.1, 0.15) is 37.0 Å². The fraction of sp³-hybridized carbons (Fsp3) is 0.429. The van der Waals surface area contributed by atoms with Crippen molar-refractivity contribution in [2.75, 3.05) is 19.7 Å². The summed E-state index contributed by atoms with van der Waals surface area (Å²) in [6, 6.07) is 7.39. The zero-order valence-electron chi connectivity index (χ0n) is 15.8. The monoisotopic (exact) mass is 388 g/mol. The van der Waals surface area contributed by atoms with Gasteiger partial charge in [-0.25, -0.2) is 4.39 Å². The van der Waals surface area contributed by atoms with E-state index in [9.17, 15) is 14.0 Å². The number of nitrogens with one attached hydrogen (secondary N) is 1. The molecule has 0 bridgehead atoms. The summed E-state index contributed by atoms with van der Waals surface area (Å²) in [6.45, 7) is 2.49. The van der Waals surface area contributed by atoms with Crippen LogP contribution in [0.5, 0.6) is 5.75 Å². The van der Waals surface area contributed by atoms with Crippen molar-refractivity contribution in [3.63, 3.8) is 0 Å². The maximum absolute atomic E-state index is 13.1. The minimum Gasteiger partial charge on any atom is -0.477 e. The molecule has 1 amide bonds. The Kier molecular flexibility index (Phi) is 7.19. The fourth-order valence-corrected chi connectivity index (χ4v) is 3.18. The Hall–Kier alpha value is -2.67. The van der Waals surface area contributed by atoms with Crippen molar-refractivity contribution in [3.8, 4) is 5.75 Å². The van der Waals surface area contributed by atoms with E-state index < -0.39 is 5.91 Å². The lowest BCUT2D eigenvalue weighted by atomic mass is 10.2. The summed E-state index contributed by atoms with van der Waals surface area (Å²) in [5, 5.41) is 2.62. The lowest BCUT2D eigenvalue weighted by Gasteiger charge is -2.18. The van der Waals surface area contributed by atoms with Crippen LogP contribution >= 0.6 is 0 Å². The number of halogens is 1. The average molecular weight is 388 g/mol. The van der Waals surface area contributed by atoms with Gasteiger partial charge >= 0.3 is 0 Å². The normalized spacial score (nSPS) is 15.0. The number of likely N-dealkylation sites (tertiary alicyclic amines) is 1. The number of carbonyl (C=O) groups excluding carboxylic acids is 1. The molecule has 7 heteroatoms. The van der Waals surface area contributed by atoms with E-state index in [2.05, 4.69) is 10.2 Å². The molecule has 0 radical (unpaired) electrons. The van der Waals surface area contributed by atoms with E-state index in [-0.39, 0.29) is 30.1 Å². The number of carbonyl (C=O) groups is 1. The summed E-state index contributed by atoms with van der Waals surface area (Å²) in [4.78, 5) is 26.4. The Morgan fingerprint density at radius 2 is 1.96 bits per heavy atom. The van der Waals surface area contributed by atoms with Crippen LogP contribution in [0.3, 0.4) is 0 Å². The zero-order valence-corrected chi connectivity index (χ0v) is 15.8. The number of nitrogens with zero attached hydrogens (tertiary/aromatic N) is 1. The van der Waals surface area contributed by atoms with Crippen LogP contribution in [0.15, 0.2) is 45.8 Å². The summed E-state index contributed by atoms with van der Waals surface area (Å²) in [7, 11) is 0. The second-order valence-corrected chi connectivity index (χ2v) is 6.96. The third kappa shape index (κ3) is 6.20. The summed E-state index contributed by atoms with van der Waals surface area (Å²) in [5.41, 5.74) is 0.333. The van der Waals surface area contributed by atoms with Crippen LogP contribution in [0.4, 0.5) is 4.39 Å². The number of amides is 1. The van der Waals surface area contributed by atoms with Crippen molar-refractivity contribution < 1.29 is 18.3 Å². The molecule has 3 rings (SSSR count). The van der Waals surface area contributed by atoms with E-state index in [1.165, 1.54) is 37.3 Å². The van der Waals surface area contributed by atoms with Crippen molar-refractivity contribution in [1.82, 2.24) is 10.2 Å². The Morgan fingerprint density at radius 3 is 2.68 bits per heavy atom. The standard InChI is InChI=1S/C21H25FN2O4/c22-17-7-5-6-16(10-17)12-23-21(26)15-28-20-14-27-18(11-19(20)25)13-24-8-3-1-2-4-9-24/h5-7,10-11,14H,1-4,8-9,12-13,15H2,(H,23,26). The number of rotatable bonds is 7. The first kappa shape index (κ1) is 20.1. The van der Waals surface area contributed by atoms with Crippen molar-refractivity contribution in [1.29, 1.82) is 0 Å². The molecule has 0 aliphatic carbocycles. The molecular formula is C21H25FN2O4. The molecule has 1 saturated heterocycles. The van der Waals surface area contributed by atoms with Gasteiger partial charge in [-0.15, -0.1) is 0 Å². The Bertz CT molecular complexity index is 844. The van der Waals surface area contributed by atoms with Crippen molar-refractivity contribution in [2.45, 2.75) is 38.8 Å². The summed E-state index contributed by atoms with van der Waals surface area (Å²) < 4.78 is 23.9. The molecule has 1 N–H and O–H groups in total. The quantitative estimate of drug-likeness (QED) is 0.790. The highest BCUT2D eigenvalue weighted by Crippen LogP contribution is 2.14. The van der Waals surface area contributed by atoms with Gasteiger partial charge in [-0.05, 0) is 43.6 Å². The predicted octanol–water partition coefficient (Wildman–Crippen LogP) is 2.85. The molecule has 6 nitrogen and oxygen atoms in total. The van der Waals surface area contributed by atoms with Gasteiger partial charge in [0, 0.05) is 12.6 Å². The number of ether oxygens (including phenoxy) is 1. The molecule has 1 aliphatic rings. The lowest BCUT2D eigenvalue weighted by Crippen LogP contribution is -2.29. The van der Waals surface area contributed by atoms with E-state index in [4.69, 9.17) is 9.15 Å². The minimum absolute atomic E-state index is 0.000483. The first-order valence-electron chi connectivity index (χ1n) is 9.58. The smallest absolute Gasteiger partial charge is 0.258 e. The molecule has 2 aromatic rings. The molecule has 150 valence electrons. The van der Waals surface area contributed by atoms with Crippen molar-refractivity contribution >= 4 is 5.91 Å². The van der Waals surface area contributed by atoms with Gasteiger partial charge in [0.2, 0.25) is 11.2 Å². The van der Waals surface area contributed by atoms with E-state index in [0.717, 1.165) is 25.9 Å². The third-order valence-corrected chi connectivity index (χ3v) is 4.67. The third-order valence-electron chi connectivity index (χ3n) is 4.67. The molecule has 0 spiro atoms. The molecule has 1 aliphatic heterocycles. The first-order chi connectivity index (χ1) is 13.6. The second kappa shape index (κ2) is 10.0. The SMILES string of the molecule is O=C(COc1coc(CN2CCCCCC2)cc1=O)NCc1cccc(F)c1. The molecule has 28 heavy (non-hydrogen) atoms.